The van der Waals surface area contributed by atoms with Crippen molar-refractivity contribution in [2.24, 2.45) is 0 Å². The minimum Gasteiger partial charge on any atom is -0.485 e. The van der Waals surface area contributed by atoms with Crippen molar-refractivity contribution in [3.63, 3.8) is 0 Å². The summed E-state index contributed by atoms with van der Waals surface area (Å²) in [6, 6.07) is 10.1. The number of hydrogen-bond donors (Lipinski definition) is 0. The van der Waals surface area contributed by atoms with Crippen LogP contribution in [0.5, 0.6) is 5.75 Å². The van der Waals surface area contributed by atoms with Gasteiger partial charge in [0.15, 0.2) is 6.61 Å². The summed E-state index contributed by atoms with van der Waals surface area (Å²) >= 11 is 0. The van der Waals surface area contributed by atoms with E-state index in [9.17, 15) is 13.6 Å². The molecule has 2 aromatic carbocycles. The molecule has 0 aliphatic heterocycles. The van der Waals surface area contributed by atoms with Gasteiger partial charge in [-0.15, -0.1) is 0 Å². The number of rotatable bonds is 5. The van der Waals surface area contributed by atoms with Gasteiger partial charge in [0.25, 0.3) is 0 Å². The minimum absolute atomic E-state index is 0.238. The Hall–Kier alpha value is -2.23. The van der Waals surface area contributed by atoms with Gasteiger partial charge < -0.3 is 4.74 Å². The second-order valence-electron chi connectivity index (χ2n) is 5.03. The number of hydrogen-bond acceptors (Lipinski definition) is 2. The average molecular weight is 290 g/mol. The highest BCUT2D eigenvalue weighted by Gasteiger charge is 2.15. The van der Waals surface area contributed by atoms with Crippen LogP contribution in [-0.4, -0.2) is 12.4 Å². The largest absolute Gasteiger partial charge is 0.485 e. The molecule has 110 valence electrons. The molecular formula is C17H16F2O2. The van der Waals surface area contributed by atoms with Crippen molar-refractivity contribution in [3.05, 3.63) is 65.2 Å². The summed E-state index contributed by atoms with van der Waals surface area (Å²) in [7, 11) is 0. The number of ether oxygens (including phenoxy) is 1. The van der Waals surface area contributed by atoms with Crippen LogP contribution in [-0.2, 0) is 0 Å². The van der Waals surface area contributed by atoms with E-state index in [4.69, 9.17) is 4.74 Å². The smallest absolute Gasteiger partial charge is 0.203 e. The number of Topliss-reactive ketones (excluding diaryl/α,β-unsaturated/α-hetero) is 1. The van der Waals surface area contributed by atoms with Gasteiger partial charge in [-0.3, -0.25) is 4.79 Å². The molecule has 0 amide bonds. The maximum absolute atomic E-state index is 13.5. The monoisotopic (exact) mass is 290 g/mol. The van der Waals surface area contributed by atoms with Gasteiger partial charge in [0.1, 0.15) is 17.4 Å². The van der Waals surface area contributed by atoms with Crippen LogP contribution >= 0.6 is 0 Å². The van der Waals surface area contributed by atoms with Gasteiger partial charge in [0, 0.05) is 0 Å². The van der Waals surface area contributed by atoms with E-state index in [1.807, 2.05) is 26.0 Å². The Morgan fingerprint density at radius 2 is 1.86 bits per heavy atom. The Bertz CT molecular complexity index is 651. The summed E-state index contributed by atoms with van der Waals surface area (Å²) in [6.45, 7) is 3.69. The molecule has 0 spiro atoms. The molecule has 4 heteroatoms. The lowest BCUT2D eigenvalue weighted by molar-refractivity contribution is 0.0916. The first-order valence-electron chi connectivity index (χ1n) is 6.69. The lowest BCUT2D eigenvalue weighted by Crippen LogP contribution is -2.14. The molecule has 21 heavy (non-hydrogen) atoms. The van der Waals surface area contributed by atoms with E-state index in [0.717, 1.165) is 23.8 Å². The van der Waals surface area contributed by atoms with E-state index in [1.54, 1.807) is 12.1 Å². The van der Waals surface area contributed by atoms with Gasteiger partial charge >= 0.3 is 0 Å². The molecule has 0 N–H and O–H groups in total. The quantitative estimate of drug-likeness (QED) is 0.765. The molecule has 0 heterocycles. The van der Waals surface area contributed by atoms with E-state index >= 15 is 0 Å². The third-order valence-corrected chi connectivity index (χ3v) is 3.13. The SMILES string of the molecule is CC(C)c1ccccc1OCC(=O)c1cc(F)ccc1F. The van der Waals surface area contributed by atoms with Gasteiger partial charge in [-0.2, -0.15) is 0 Å². The zero-order chi connectivity index (χ0) is 15.4. The molecule has 2 aromatic rings. The van der Waals surface area contributed by atoms with E-state index in [0.29, 0.717) is 5.75 Å². The van der Waals surface area contributed by atoms with Crippen LogP contribution in [0.25, 0.3) is 0 Å². The highest BCUT2D eigenvalue weighted by Crippen LogP contribution is 2.26. The first kappa shape index (κ1) is 15.2. The van der Waals surface area contributed by atoms with Crippen molar-refractivity contribution in [3.8, 4) is 5.75 Å². The van der Waals surface area contributed by atoms with Crippen molar-refractivity contribution in [1.82, 2.24) is 0 Å². The predicted octanol–water partition coefficient (Wildman–Crippen LogP) is 4.35. The van der Waals surface area contributed by atoms with Crippen LogP contribution in [0.1, 0.15) is 35.7 Å². The maximum Gasteiger partial charge on any atom is 0.203 e. The molecule has 0 aromatic heterocycles. The second kappa shape index (κ2) is 6.48. The Labute approximate surface area is 122 Å². The van der Waals surface area contributed by atoms with Gasteiger partial charge in [-0.05, 0) is 35.7 Å². The van der Waals surface area contributed by atoms with Gasteiger partial charge in [0.05, 0.1) is 5.56 Å². The summed E-state index contributed by atoms with van der Waals surface area (Å²) in [5.74, 6) is -1.17. The summed E-state index contributed by atoms with van der Waals surface area (Å²) in [4.78, 5) is 11.9. The Morgan fingerprint density at radius 1 is 1.14 bits per heavy atom. The number of carbonyl (C=O) groups is 1. The van der Waals surface area contributed by atoms with E-state index in [1.165, 1.54) is 0 Å². The predicted molar refractivity (Wildman–Crippen MR) is 76.7 cm³/mol. The van der Waals surface area contributed by atoms with Crippen LogP contribution in [0.4, 0.5) is 8.78 Å². The van der Waals surface area contributed by atoms with Gasteiger partial charge in [-0.25, -0.2) is 8.78 Å². The topological polar surface area (TPSA) is 26.3 Å². The lowest BCUT2D eigenvalue weighted by Gasteiger charge is -2.13. The summed E-state index contributed by atoms with van der Waals surface area (Å²) < 4.78 is 32.1. The fourth-order valence-electron chi connectivity index (χ4n) is 2.02. The Kier molecular flexibility index (Phi) is 4.68. The third kappa shape index (κ3) is 3.66. The molecule has 0 saturated heterocycles. The highest BCUT2D eigenvalue weighted by atomic mass is 19.1. The van der Waals surface area contributed by atoms with Gasteiger partial charge in [-0.1, -0.05) is 32.0 Å². The van der Waals surface area contributed by atoms with Crippen molar-refractivity contribution < 1.29 is 18.3 Å². The second-order valence-corrected chi connectivity index (χ2v) is 5.03. The first-order chi connectivity index (χ1) is 9.99. The Morgan fingerprint density at radius 3 is 2.57 bits per heavy atom. The van der Waals surface area contributed by atoms with Crippen molar-refractivity contribution in [2.45, 2.75) is 19.8 Å². The molecule has 0 atom stereocenters. The van der Waals surface area contributed by atoms with E-state index < -0.39 is 17.4 Å². The molecule has 0 radical (unpaired) electrons. The van der Waals surface area contributed by atoms with Crippen LogP contribution in [0.3, 0.4) is 0 Å². The molecule has 0 fully saturated rings. The van der Waals surface area contributed by atoms with Crippen molar-refractivity contribution in [1.29, 1.82) is 0 Å². The minimum atomic E-state index is -0.748. The number of ketones is 1. The molecule has 0 aliphatic rings. The molecular weight excluding hydrogens is 274 g/mol. The van der Waals surface area contributed by atoms with E-state index in [-0.39, 0.29) is 18.1 Å². The molecule has 0 saturated carbocycles. The zero-order valence-electron chi connectivity index (χ0n) is 11.9. The highest BCUT2D eigenvalue weighted by molar-refractivity contribution is 5.97. The summed E-state index contributed by atoms with van der Waals surface area (Å²) in [5, 5.41) is 0. The van der Waals surface area contributed by atoms with Gasteiger partial charge in [0.2, 0.25) is 5.78 Å². The molecule has 2 nitrogen and oxygen atoms in total. The summed E-state index contributed by atoms with van der Waals surface area (Å²) in [6.07, 6.45) is 0. The molecule has 0 unspecified atom stereocenters. The number of para-hydroxylation sites is 1. The standard InChI is InChI=1S/C17H16F2O2/c1-11(2)13-5-3-4-6-17(13)21-10-16(20)14-9-12(18)7-8-15(14)19/h3-9,11H,10H2,1-2H3. The number of halogens is 2. The number of benzene rings is 2. The lowest BCUT2D eigenvalue weighted by atomic mass is 10.0. The normalized spacial score (nSPS) is 10.7. The first-order valence-corrected chi connectivity index (χ1v) is 6.69. The van der Waals surface area contributed by atoms with Crippen molar-refractivity contribution in [2.75, 3.05) is 6.61 Å². The molecule has 0 aliphatic carbocycles. The summed E-state index contributed by atoms with van der Waals surface area (Å²) in [5.41, 5.74) is 0.669. The Balaban J connectivity index is 2.13. The molecule has 0 bridgehead atoms. The van der Waals surface area contributed by atoms with Crippen LogP contribution in [0, 0.1) is 11.6 Å². The maximum atomic E-state index is 13.5. The van der Waals surface area contributed by atoms with E-state index in [2.05, 4.69) is 0 Å². The third-order valence-electron chi connectivity index (χ3n) is 3.13. The fraction of sp³-hybridized carbons (Fsp3) is 0.235. The zero-order valence-corrected chi connectivity index (χ0v) is 11.9. The van der Waals surface area contributed by atoms with Crippen molar-refractivity contribution >= 4 is 5.78 Å². The molecule has 2 rings (SSSR count). The van der Waals surface area contributed by atoms with Crippen LogP contribution < -0.4 is 4.74 Å². The van der Waals surface area contributed by atoms with Crippen LogP contribution in [0.15, 0.2) is 42.5 Å². The number of carbonyl (C=O) groups excluding carboxylic acids is 1. The fourth-order valence-corrected chi connectivity index (χ4v) is 2.02. The van der Waals surface area contributed by atoms with Crippen LogP contribution in [0.2, 0.25) is 0 Å². The average Bonchev–Trinajstić information content (AvgIpc) is 2.47.